The highest BCUT2D eigenvalue weighted by Gasteiger charge is 2.18. The summed E-state index contributed by atoms with van der Waals surface area (Å²) in [6.45, 7) is 1.95. The van der Waals surface area contributed by atoms with Crippen molar-refractivity contribution in [2.24, 2.45) is 0 Å². The third kappa shape index (κ3) is 3.03. The standard InChI is InChI=1S/C19H14FN3O/c1-13-5-7-16(8-6-13)22-19(24)18-14(12-21)9-10-23(18)17-4-2-3-15(20)11-17/h2-11H,1H3,(H,22,24). The summed E-state index contributed by atoms with van der Waals surface area (Å²) in [4.78, 5) is 12.6. The summed E-state index contributed by atoms with van der Waals surface area (Å²) in [5.74, 6) is -0.839. The molecular formula is C19H14FN3O. The number of anilines is 1. The zero-order chi connectivity index (χ0) is 17.1. The molecule has 0 unspecified atom stereocenters. The van der Waals surface area contributed by atoms with E-state index in [0.717, 1.165) is 5.56 Å². The van der Waals surface area contributed by atoms with Crippen molar-refractivity contribution in [2.75, 3.05) is 5.32 Å². The highest BCUT2D eigenvalue weighted by Crippen LogP contribution is 2.20. The lowest BCUT2D eigenvalue weighted by molar-refractivity contribution is 0.102. The molecule has 0 aliphatic heterocycles. The number of carbonyl (C=O) groups is 1. The van der Waals surface area contributed by atoms with Gasteiger partial charge in [-0.15, -0.1) is 0 Å². The zero-order valence-electron chi connectivity index (χ0n) is 13.0. The van der Waals surface area contributed by atoms with Crippen LogP contribution >= 0.6 is 0 Å². The largest absolute Gasteiger partial charge is 0.321 e. The fourth-order valence-electron chi connectivity index (χ4n) is 2.42. The number of amides is 1. The molecule has 0 atom stereocenters. The lowest BCUT2D eigenvalue weighted by Gasteiger charge is -2.11. The third-order valence-electron chi connectivity index (χ3n) is 3.62. The molecule has 0 bridgehead atoms. The van der Waals surface area contributed by atoms with Gasteiger partial charge in [0.2, 0.25) is 0 Å². The fourth-order valence-corrected chi connectivity index (χ4v) is 2.42. The Balaban J connectivity index is 2.00. The molecule has 0 saturated heterocycles. The number of nitrogens with one attached hydrogen (secondary N) is 1. The quantitative estimate of drug-likeness (QED) is 0.792. The second-order valence-electron chi connectivity index (χ2n) is 5.36. The van der Waals surface area contributed by atoms with Gasteiger partial charge in [-0.1, -0.05) is 23.8 Å². The summed E-state index contributed by atoms with van der Waals surface area (Å²) in [5, 5.41) is 12.0. The van der Waals surface area contributed by atoms with Gasteiger partial charge in [-0.3, -0.25) is 4.79 Å². The molecular weight excluding hydrogens is 305 g/mol. The lowest BCUT2D eigenvalue weighted by Crippen LogP contribution is -2.17. The van der Waals surface area contributed by atoms with E-state index < -0.39 is 11.7 Å². The van der Waals surface area contributed by atoms with Crippen LogP contribution in [-0.4, -0.2) is 10.5 Å². The minimum Gasteiger partial charge on any atom is -0.321 e. The molecule has 0 fully saturated rings. The molecule has 4 nitrogen and oxygen atoms in total. The van der Waals surface area contributed by atoms with Crippen LogP contribution in [0.15, 0.2) is 60.8 Å². The summed E-state index contributed by atoms with van der Waals surface area (Å²) in [6.07, 6.45) is 1.58. The van der Waals surface area contributed by atoms with Crippen LogP contribution in [0.2, 0.25) is 0 Å². The summed E-state index contributed by atoms with van der Waals surface area (Å²) >= 11 is 0. The highest BCUT2D eigenvalue weighted by atomic mass is 19.1. The van der Waals surface area contributed by atoms with Crippen LogP contribution in [0.5, 0.6) is 0 Å². The molecule has 24 heavy (non-hydrogen) atoms. The number of benzene rings is 2. The number of aromatic nitrogens is 1. The van der Waals surface area contributed by atoms with E-state index in [-0.39, 0.29) is 11.3 Å². The van der Waals surface area contributed by atoms with Crippen LogP contribution in [0.25, 0.3) is 5.69 Å². The maximum absolute atomic E-state index is 13.5. The van der Waals surface area contributed by atoms with Gasteiger partial charge in [0.1, 0.15) is 17.6 Å². The van der Waals surface area contributed by atoms with Gasteiger partial charge in [0.25, 0.3) is 5.91 Å². The van der Waals surface area contributed by atoms with E-state index in [1.807, 2.05) is 25.1 Å². The maximum atomic E-state index is 13.5. The molecule has 1 N–H and O–H groups in total. The average molecular weight is 319 g/mol. The molecule has 0 radical (unpaired) electrons. The first-order valence-electron chi connectivity index (χ1n) is 7.34. The van der Waals surface area contributed by atoms with Gasteiger partial charge in [0.05, 0.1) is 5.56 Å². The van der Waals surface area contributed by atoms with Crippen molar-refractivity contribution >= 4 is 11.6 Å². The molecule has 0 aliphatic rings. The SMILES string of the molecule is Cc1ccc(NC(=O)c2c(C#N)ccn2-c2cccc(F)c2)cc1. The maximum Gasteiger partial charge on any atom is 0.274 e. The molecule has 1 heterocycles. The molecule has 3 aromatic rings. The molecule has 0 aliphatic carbocycles. The van der Waals surface area contributed by atoms with Crippen molar-refractivity contribution in [2.45, 2.75) is 6.92 Å². The van der Waals surface area contributed by atoms with Crippen molar-refractivity contribution in [1.29, 1.82) is 5.26 Å². The number of hydrogen-bond acceptors (Lipinski definition) is 2. The first-order valence-corrected chi connectivity index (χ1v) is 7.34. The zero-order valence-corrected chi connectivity index (χ0v) is 13.0. The molecule has 1 amide bonds. The average Bonchev–Trinajstić information content (AvgIpc) is 3.01. The summed E-state index contributed by atoms with van der Waals surface area (Å²) in [6, 6.07) is 16.7. The van der Waals surface area contributed by atoms with Crippen LogP contribution in [0.1, 0.15) is 21.6 Å². The molecule has 118 valence electrons. The highest BCUT2D eigenvalue weighted by molar-refractivity contribution is 6.05. The Labute approximate surface area is 138 Å². The van der Waals surface area contributed by atoms with Crippen LogP contribution in [-0.2, 0) is 0 Å². The van der Waals surface area contributed by atoms with Crippen LogP contribution in [0, 0.1) is 24.1 Å². The van der Waals surface area contributed by atoms with Gasteiger partial charge in [-0.2, -0.15) is 5.26 Å². The van der Waals surface area contributed by atoms with Gasteiger partial charge in [-0.25, -0.2) is 4.39 Å². The Kier molecular flexibility index (Phi) is 4.13. The van der Waals surface area contributed by atoms with Gasteiger partial charge in [0.15, 0.2) is 0 Å². The molecule has 0 saturated carbocycles. The lowest BCUT2D eigenvalue weighted by atomic mass is 10.2. The summed E-state index contributed by atoms with van der Waals surface area (Å²) in [7, 11) is 0. The minimum atomic E-state index is -0.426. The van der Waals surface area contributed by atoms with Crippen LogP contribution in [0.3, 0.4) is 0 Å². The molecule has 3 rings (SSSR count). The minimum absolute atomic E-state index is 0.170. The third-order valence-corrected chi connectivity index (χ3v) is 3.62. The van der Waals surface area contributed by atoms with E-state index >= 15 is 0 Å². The number of rotatable bonds is 3. The number of nitrogens with zero attached hydrogens (tertiary/aromatic N) is 2. The van der Waals surface area contributed by atoms with Gasteiger partial charge in [-0.05, 0) is 43.3 Å². The number of aryl methyl sites for hydroxylation is 1. The predicted octanol–water partition coefficient (Wildman–Crippen LogP) is 4.05. The van der Waals surface area contributed by atoms with Crippen molar-refractivity contribution in [1.82, 2.24) is 4.57 Å². The molecule has 2 aromatic carbocycles. The topological polar surface area (TPSA) is 57.8 Å². The van der Waals surface area contributed by atoms with Crippen LogP contribution < -0.4 is 5.32 Å². The van der Waals surface area contributed by atoms with Crippen molar-refractivity contribution < 1.29 is 9.18 Å². The Hall–Kier alpha value is -3.39. The van der Waals surface area contributed by atoms with E-state index in [9.17, 15) is 14.4 Å². The van der Waals surface area contributed by atoms with Gasteiger partial charge in [0, 0.05) is 17.6 Å². The van der Waals surface area contributed by atoms with Crippen molar-refractivity contribution in [3.05, 3.63) is 83.4 Å². The van der Waals surface area contributed by atoms with E-state index in [0.29, 0.717) is 11.4 Å². The Morgan fingerprint density at radius 3 is 2.58 bits per heavy atom. The molecule has 5 heteroatoms. The number of hydrogen-bond donors (Lipinski definition) is 1. The van der Waals surface area contributed by atoms with E-state index in [2.05, 4.69) is 5.32 Å². The van der Waals surface area contributed by atoms with Crippen molar-refractivity contribution in [3.8, 4) is 11.8 Å². The van der Waals surface area contributed by atoms with E-state index in [1.54, 1.807) is 30.5 Å². The smallest absolute Gasteiger partial charge is 0.274 e. The summed E-state index contributed by atoms with van der Waals surface area (Å²) in [5.41, 5.74) is 2.58. The first-order chi connectivity index (χ1) is 11.6. The number of carbonyl (C=O) groups excluding carboxylic acids is 1. The second kappa shape index (κ2) is 6.39. The monoisotopic (exact) mass is 319 g/mol. The Morgan fingerprint density at radius 2 is 1.92 bits per heavy atom. The molecule has 1 aromatic heterocycles. The second-order valence-corrected chi connectivity index (χ2v) is 5.36. The Morgan fingerprint density at radius 1 is 1.17 bits per heavy atom. The van der Waals surface area contributed by atoms with Crippen molar-refractivity contribution in [3.63, 3.8) is 0 Å². The van der Waals surface area contributed by atoms with Gasteiger partial charge >= 0.3 is 0 Å². The normalized spacial score (nSPS) is 10.2. The first kappa shape index (κ1) is 15.5. The predicted molar refractivity (Wildman–Crippen MR) is 89.6 cm³/mol. The van der Waals surface area contributed by atoms with Gasteiger partial charge < -0.3 is 9.88 Å². The van der Waals surface area contributed by atoms with E-state index in [1.165, 1.54) is 22.8 Å². The Bertz CT molecular complexity index is 936. The van der Waals surface area contributed by atoms with Crippen LogP contribution in [0.4, 0.5) is 10.1 Å². The fraction of sp³-hybridized carbons (Fsp3) is 0.0526. The number of nitriles is 1. The molecule has 0 spiro atoms. The summed E-state index contributed by atoms with van der Waals surface area (Å²) < 4.78 is 15.0. The van der Waals surface area contributed by atoms with E-state index in [4.69, 9.17) is 0 Å². The number of halogens is 1.